The van der Waals surface area contributed by atoms with Gasteiger partial charge in [0.25, 0.3) is 0 Å². The second-order valence-corrected chi connectivity index (χ2v) is 6.98. The molecule has 4 nitrogen and oxygen atoms in total. The predicted molar refractivity (Wildman–Crippen MR) is 83.2 cm³/mol. The van der Waals surface area contributed by atoms with Gasteiger partial charge in [0.2, 0.25) is 5.91 Å². The molecule has 5 heteroatoms. The molecule has 0 aromatic heterocycles. The van der Waals surface area contributed by atoms with E-state index < -0.39 is 0 Å². The molecule has 1 N–H and O–H groups in total. The van der Waals surface area contributed by atoms with Crippen LogP contribution in [0.1, 0.15) is 32.6 Å². The Morgan fingerprint density at radius 2 is 2.10 bits per heavy atom. The normalized spacial score (nSPS) is 38.2. The molecule has 0 aromatic carbocycles. The van der Waals surface area contributed by atoms with Crippen molar-refractivity contribution in [2.45, 2.75) is 38.6 Å². The highest BCUT2D eigenvalue weighted by atomic mass is 35.5. The molecule has 3 atom stereocenters. The minimum Gasteiger partial charge on any atom is -0.342 e. The zero-order valence-corrected chi connectivity index (χ0v) is 13.5. The van der Waals surface area contributed by atoms with E-state index in [9.17, 15) is 4.79 Å². The molecular formula is C15H28ClN3O. The number of fused-ring (bicyclic) bond motifs is 1. The second kappa shape index (κ2) is 6.20. The van der Waals surface area contributed by atoms with Gasteiger partial charge in [0, 0.05) is 25.7 Å². The van der Waals surface area contributed by atoms with Crippen molar-refractivity contribution in [1.82, 2.24) is 15.1 Å². The Morgan fingerprint density at radius 3 is 2.80 bits per heavy atom. The molecule has 0 saturated carbocycles. The summed E-state index contributed by atoms with van der Waals surface area (Å²) in [6.07, 6.45) is 4.75. The van der Waals surface area contributed by atoms with E-state index >= 15 is 0 Å². The van der Waals surface area contributed by atoms with Crippen molar-refractivity contribution in [1.29, 1.82) is 0 Å². The zero-order chi connectivity index (χ0) is 13.5. The molecule has 3 aliphatic rings. The summed E-state index contributed by atoms with van der Waals surface area (Å²) in [7, 11) is 2.25. The molecule has 3 fully saturated rings. The topological polar surface area (TPSA) is 35.6 Å². The van der Waals surface area contributed by atoms with Crippen molar-refractivity contribution >= 4 is 18.3 Å². The van der Waals surface area contributed by atoms with E-state index in [1.54, 1.807) is 0 Å². The van der Waals surface area contributed by atoms with Crippen LogP contribution in [0.25, 0.3) is 0 Å². The molecule has 3 heterocycles. The monoisotopic (exact) mass is 301 g/mol. The number of piperidine rings is 2. The highest BCUT2D eigenvalue weighted by Gasteiger charge is 2.42. The Morgan fingerprint density at radius 1 is 1.30 bits per heavy atom. The molecule has 0 bridgehead atoms. The van der Waals surface area contributed by atoms with Crippen molar-refractivity contribution < 1.29 is 4.79 Å². The summed E-state index contributed by atoms with van der Waals surface area (Å²) in [6.45, 7) is 7.16. The van der Waals surface area contributed by atoms with Crippen LogP contribution in [-0.2, 0) is 4.79 Å². The van der Waals surface area contributed by atoms with Crippen molar-refractivity contribution in [2.24, 2.45) is 11.3 Å². The lowest BCUT2D eigenvalue weighted by Crippen LogP contribution is -2.56. The lowest BCUT2D eigenvalue weighted by atomic mass is 9.82. The van der Waals surface area contributed by atoms with Crippen LogP contribution < -0.4 is 5.32 Å². The van der Waals surface area contributed by atoms with Crippen molar-refractivity contribution in [3.8, 4) is 0 Å². The number of halogens is 1. The van der Waals surface area contributed by atoms with Gasteiger partial charge in [-0.2, -0.15) is 0 Å². The van der Waals surface area contributed by atoms with Crippen LogP contribution >= 0.6 is 12.4 Å². The smallest absolute Gasteiger partial charge is 0.229 e. The molecule has 3 unspecified atom stereocenters. The molecule has 0 spiro atoms. The lowest BCUT2D eigenvalue weighted by Gasteiger charge is -2.47. The molecule has 116 valence electrons. The molecule has 1 amide bonds. The number of carbonyl (C=O) groups is 1. The summed E-state index contributed by atoms with van der Waals surface area (Å²) in [5.74, 6) is 1.10. The number of hydrogen-bond donors (Lipinski definition) is 1. The van der Waals surface area contributed by atoms with Gasteiger partial charge >= 0.3 is 0 Å². The Hall–Kier alpha value is -0.320. The summed E-state index contributed by atoms with van der Waals surface area (Å²) in [5, 5.41) is 3.34. The lowest BCUT2D eigenvalue weighted by molar-refractivity contribution is -0.143. The molecule has 20 heavy (non-hydrogen) atoms. The average Bonchev–Trinajstić information content (AvgIpc) is 2.86. The quantitative estimate of drug-likeness (QED) is 0.794. The van der Waals surface area contributed by atoms with Gasteiger partial charge in [-0.1, -0.05) is 0 Å². The van der Waals surface area contributed by atoms with E-state index in [1.165, 1.54) is 19.4 Å². The first kappa shape index (κ1) is 16.1. The highest BCUT2D eigenvalue weighted by molar-refractivity contribution is 5.85. The minimum atomic E-state index is -0.145. The molecule has 0 aromatic rings. The third kappa shape index (κ3) is 2.83. The predicted octanol–water partition coefficient (Wildman–Crippen LogP) is 1.35. The standard InChI is InChI=1S/C15H27N3O.ClH/c1-15(6-7-16-11-15)14(19)18-9-5-13-12(10-18)4-3-8-17(13)2;/h12-13,16H,3-11H2,1-2H3;1H. The highest BCUT2D eigenvalue weighted by Crippen LogP contribution is 2.33. The third-order valence-electron chi connectivity index (χ3n) is 5.52. The third-order valence-corrected chi connectivity index (χ3v) is 5.52. The molecule has 3 rings (SSSR count). The number of amides is 1. The van der Waals surface area contributed by atoms with Gasteiger partial charge in [-0.25, -0.2) is 0 Å². The van der Waals surface area contributed by atoms with Crippen LogP contribution in [0.2, 0.25) is 0 Å². The Balaban J connectivity index is 0.00000147. The van der Waals surface area contributed by atoms with E-state index in [0.717, 1.165) is 39.0 Å². The fourth-order valence-corrected chi connectivity index (χ4v) is 4.22. The SMILES string of the molecule is CN1CCCC2CN(C(=O)C3(C)CCNC3)CCC21.Cl. The molecule has 3 saturated heterocycles. The number of nitrogens with zero attached hydrogens (tertiary/aromatic N) is 2. The fraction of sp³-hybridized carbons (Fsp3) is 0.933. The molecule has 0 aliphatic carbocycles. The van der Waals surface area contributed by atoms with Crippen molar-refractivity contribution in [2.75, 3.05) is 39.8 Å². The van der Waals surface area contributed by atoms with Crippen molar-refractivity contribution in [3.05, 3.63) is 0 Å². The maximum Gasteiger partial charge on any atom is 0.229 e. The number of hydrogen-bond acceptors (Lipinski definition) is 3. The van der Waals surface area contributed by atoms with E-state index in [1.807, 2.05) is 0 Å². The first-order valence-corrected chi connectivity index (χ1v) is 7.80. The fourth-order valence-electron chi connectivity index (χ4n) is 4.22. The first-order valence-electron chi connectivity index (χ1n) is 7.80. The van der Waals surface area contributed by atoms with Gasteiger partial charge in [0.05, 0.1) is 5.41 Å². The van der Waals surface area contributed by atoms with Gasteiger partial charge in [-0.3, -0.25) is 4.79 Å². The Labute approximate surface area is 128 Å². The van der Waals surface area contributed by atoms with E-state index in [-0.39, 0.29) is 17.8 Å². The van der Waals surface area contributed by atoms with Gasteiger partial charge in [0.15, 0.2) is 0 Å². The average molecular weight is 302 g/mol. The summed E-state index contributed by atoms with van der Waals surface area (Å²) in [5.41, 5.74) is -0.145. The molecule has 0 radical (unpaired) electrons. The summed E-state index contributed by atoms with van der Waals surface area (Å²) >= 11 is 0. The summed E-state index contributed by atoms with van der Waals surface area (Å²) in [6, 6.07) is 0.715. The van der Waals surface area contributed by atoms with Crippen LogP contribution in [0.15, 0.2) is 0 Å². The summed E-state index contributed by atoms with van der Waals surface area (Å²) < 4.78 is 0. The summed E-state index contributed by atoms with van der Waals surface area (Å²) in [4.78, 5) is 17.4. The van der Waals surface area contributed by atoms with Crippen LogP contribution in [0.3, 0.4) is 0 Å². The molecule has 3 aliphatic heterocycles. The Bertz CT molecular complexity index is 357. The van der Waals surface area contributed by atoms with Crippen LogP contribution in [0, 0.1) is 11.3 Å². The Kier molecular flexibility index (Phi) is 4.98. The van der Waals surface area contributed by atoms with Gasteiger partial charge in [0.1, 0.15) is 0 Å². The maximum atomic E-state index is 12.8. The number of nitrogens with one attached hydrogen (secondary N) is 1. The number of rotatable bonds is 1. The van der Waals surface area contributed by atoms with E-state index in [2.05, 4.69) is 29.1 Å². The van der Waals surface area contributed by atoms with E-state index in [0.29, 0.717) is 17.9 Å². The van der Waals surface area contributed by atoms with Gasteiger partial charge in [-0.15, -0.1) is 12.4 Å². The number of likely N-dealkylation sites (tertiary alicyclic amines) is 2. The van der Waals surface area contributed by atoms with Gasteiger partial charge < -0.3 is 15.1 Å². The molecular weight excluding hydrogens is 274 g/mol. The van der Waals surface area contributed by atoms with Crippen molar-refractivity contribution in [3.63, 3.8) is 0 Å². The van der Waals surface area contributed by atoms with Crippen LogP contribution in [0.5, 0.6) is 0 Å². The van der Waals surface area contributed by atoms with Gasteiger partial charge in [-0.05, 0) is 58.7 Å². The minimum absolute atomic E-state index is 0. The second-order valence-electron chi connectivity index (χ2n) is 6.98. The van der Waals surface area contributed by atoms with Crippen LogP contribution in [0.4, 0.5) is 0 Å². The largest absolute Gasteiger partial charge is 0.342 e. The first-order chi connectivity index (χ1) is 9.10. The zero-order valence-electron chi connectivity index (χ0n) is 12.7. The maximum absolute atomic E-state index is 12.8. The van der Waals surface area contributed by atoms with E-state index in [4.69, 9.17) is 0 Å². The van der Waals surface area contributed by atoms with Crippen LogP contribution in [-0.4, -0.2) is 61.5 Å². The number of carbonyl (C=O) groups excluding carboxylic acids is 1.